The van der Waals surface area contributed by atoms with Gasteiger partial charge in [-0.2, -0.15) is 4.39 Å². The summed E-state index contributed by atoms with van der Waals surface area (Å²) in [6, 6.07) is 0.613. The molecule has 0 radical (unpaired) electrons. The van der Waals surface area contributed by atoms with Gasteiger partial charge in [0.1, 0.15) is 0 Å². The molecule has 0 aromatic carbocycles. The minimum atomic E-state index is -0.359. The van der Waals surface area contributed by atoms with Crippen molar-refractivity contribution in [1.29, 1.82) is 0 Å². The molecule has 2 aliphatic rings. The minimum Gasteiger partial charge on any atom is -0.307 e. The Bertz CT molecular complexity index is 394. The molecule has 1 aromatic rings. The molecule has 0 aliphatic carbocycles. The molecular weight excluding hydrogens is 203 g/mol. The maximum atomic E-state index is 13.5. The third-order valence-corrected chi connectivity index (χ3v) is 3.49. The first-order valence-corrected chi connectivity index (χ1v) is 5.22. The largest absolute Gasteiger partial charge is 0.307 e. The SMILES string of the molecule is Fc1ncc(Cl)c2c1[C@H]1CC[C@@H](C2)N1. The monoisotopic (exact) mass is 212 g/mol. The number of pyridine rings is 1. The van der Waals surface area contributed by atoms with Crippen molar-refractivity contribution in [2.24, 2.45) is 0 Å². The lowest BCUT2D eigenvalue weighted by molar-refractivity contribution is 0.471. The fraction of sp³-hybridized carbons (Fsp3) is 0.500. The fourth-order valence-electron chi connectivity index (χ4n) is 2.53. The van der Waals surface area contributed by atoms with Crippen LogP contribution in [0.25, 0.3) is 0 Å². The summed E-state index contributed by atoms with van der Waals surface area (Å²) in [4.78, 5) is 3.67. The molecule has 1 aromatic heterocycles. The van der Waals surface area contributed by atoms with Gasteiger partial charge in [-0.05, 0) is 24.8 Å². The molecule has 4 heteroatoms. The Balaban J connectivity index is 2.21. The Morgan fingerprint density at radius 1 is 1.50 bits per heavy atom. The predicted octanol–water partition coefficient (Wildman–Crippen LogP) is 2.22. The Kier molecular flexibility index (Phi) is 1.79. The average molecular weight is 213 g/mol. The number of rotatable bonds is 0. The van der Waals surface area contributed by atoms with E-state index in [0.29, 0.717) is 16.6 Å². The third kappa shape index (κ3) is 1.09. The molecule has 3 rings (SSSR count). The van der Waals surface area contributed by atoms with E-state index in [4.69, 9.17) is 11.6 Å². The molecule has 0 saturated carbocycles. The summed E-state index contributed by atoms with van der Waals surface area (Å²) >= 11 is 6.02. The van der Waals surface area contributed by atoms with Gasteiger partial charge in [0.15, 0.2) is 0 Å². The smallest absolute Gasteiger partial charge is 0.217 e. The van der Waals surface area contributed by atoms with E-state index in [1.807, 2.05) is 0 Å². The average Bonchev–Trinajstić information content (AvgIpc) is 2.54. The Labute approximate surface area is 86.5 Å². The zero-order chi connectivity index (χ0) is 9.71. The van der Waals surface area contributed by atoms with Crippen LogP contribution in [-0.4, -0.2) is 11.0 Å². The first-order chi connectivity index (χ1) is 6.75. The summed E-state index contributed by atoms with van der Waals surface area (Å²) in [7, 11) is 0. The van der Waals surface area contributed by atoms with Crippen LogP contribution in [0, 0.1) is 5.95 Å². The molecule has 1 saturated heterocycles. The Hall–Kier alpha value is -0.670. The van der Waals surface area contributed by atoms with Crippen LogP contribution in [0.2, 0.25) is 5.02 Å². The second-order valence-corrected chi connectivity index (χ2v) is 4.39. The van der Waals surface area contributed by atoms with Gasteiger partial charge in [0.2, 0.25) is 5.95 Å². The second-order valence-electron chi connectivity index (χ2n) is 3.99. The van der Waals surface area contributed by atoms with Crippen molar-refractivity contribution in [3.8, 4) is 0 Å². The normalized spacial score (nSPS) is 29.0. The minimum absolute atomic E-state index is 0.134. The summed E-state index contributed by atoms with van der Waals surface area (Å²) in [6.45, 7) is 0. The van der Waals surface area contributed by atoms with Crippen LogP contribution < -0.4 is 5.32 Å². The van der Waals surface area contributed by atoms with E-state index >= 15 is 0 Å². The van der Waals surface area contributed by atoms with Crippen molar-refractivity contribution in [2.45, 2.75) is 31.3 Å². The van der Waals surface area contributed by atoms with Gasteiger partial charge in [-0.1, -0.05) is 11.6 Å². The highest BCUT2D eigenvalue weighted by atomic mass is 35.5. The number of nitrogens with one attached hydrogen (secondary N) is 1. The molecule has 1 fully saturated rings. The number of nitrogens with zero attached hydrogens (tertiary/aromatic N) is 1. The van der Waals surface area contributed by atoms with Gasteiger partial charge < -0.3 is 5.32 Å². The maximum absolute atomic E-state index is 13.5. The van der Waals surface area contributed by atoms with Crippen LogP contribution >= 0.6 is 11.6 Å². The lowest BCUT2D eigenvalue weighted by Gasteiger charge is -2.25. The molecular formula is C10H10ClFN2. The summed E-state index contributed by atoms with van der Waals surface area (Å²) in [6.07, 6.45) is 4.36. The van der Waals surface area contributed by atoms with Crippen LogP contribution in [0.15, 0.2) is 6.20 Å². The van der Waals surface area contributed by atoms with Gasteiger partial charge in [0.05, 0.1) is 5.02 Å². The van der Waals surface area contributed by atoms with Crippen molar-refractivity contribution in [3.63, 3.8) is 0 Å². The molecule has 0 amide bonds. The summed E-state index contributed by atoms with van der Waals surface area (Å²) in [5.41, 5.74) is 1.66. The number of hydrogen-bond donors (Lipinski definition) is 1. The highest BCUT2D eigenvalue weighted by Gasteiger charge is 2.35. The third-order valence-electron chi connectivity index (χ3n) is 3.17. The Morgan fingerprint density at radius 2 is 2.36 bits per heavy atom. The van der Waals surface area contributed by atoms with Crippen LogP contribution in [0.3, 0.4) is 0 Å². The molecule has 0 spiro atoms. The number of fused-ring (bicyclic) bond motifs is 4. The lowest BCUT2D eigenvalue weighted by Crippen LogP contribution is -2.33. The van der Waals surface area contributed by atoms with Crippen LogP contribution in [0.5, 0.6) is 0 Å². The molecule has 2 nitrogen and oxygen atoms in total. The van der Waals surface area contributed by atoms with E-state index in [2.05, 4.69) is 10.3 Å². The molecule has 3 heterocycles. The van der Waals surface area contributed by atoms with Crippen molar-refractivity contribution in [2.75, 3.05) is 0 Å². The van der Waals surface area contributed by atoms with E-state index in [9.17, 15) is 4.39 Å². The van der Waals surface area contributed by atoms with Crippen molar-refractivity contribution in [3.05, 3.63) is 28.3 Å². The van der Waals surface area contributed by atoms with Gasteiger partial charge in [-0.25, -0.2) is 4.98 Å². The van der Waals surface area contributed by atoms with Gasteiger partial charge in [0.25, 0.3) is 0 Å². The summed E-state index contributed by atoms with van der Waals surface area (Å²) in [5, 5.41) is 3.99. The second kappa shape index (κ2) is 2.91. The van der Waals surface area contributed by atoms with Crippen molar-refractivity contribution >= 4 is 11.6 Å². The highest BCUT2D eigenvalue weighted by molar-refractivity contribution is 6.31. The molecule has 2 bridgehead atoms. The Morgan fingerprint density at radius 3 is 3.21 bits per heavy atom. The number of aromatic nitrogens is 1. The zero-order valence-electron chi connectivity index (χ0n) is 7.56. The van der Waals surface area contributed by atoms with Crippen molar-refractivity contribution in [1.82, 2.24) is 10.3 Å². The van der Waals surface area contributed by atoms with Gasteiger partial charge in [0, 0.05) is 23.8 Å². The van der Waals surface area contributed by atoms with Crippen LogP contribution in [0.4, 0.5) is 4.39 Å². The first-order valence-electron chi connectivity index (χ1n) is 4.84. The summed E-state index contributed by atoms with van der Waals surface area (Å²) in [5.74, 6) is -0.359. The van der Waals surface area contributed by atoms with Crippen LogP contribution in [0.1, 0.15) is 30.0 Å². The zero-order valence-corrected chi connectivity index (χ0v) is 8.31. The van der Waals surface area contributed by atoms with Gasteiger partial charge in [-0.3, -0.25) is 0 Å². The summed E-state index contributed by atoms with van der Waals surface area (Å²) < 4.78 is 13.5. The number of hydrogen-bond acceptors (Lipinski definition) is 2. The predicted molar refractivity (Wildman–Crippen MR) is 51.8 cm³/mol. The molecule has 0 unspecified atom stereocenters. The molecule has 1 N–H and O–H groups in total. The van der Waals surface area contributed by atoms with E-state index in [0.717, 1.165) is 24.8 Å². The standard InChI is InChI=1S/C10H10ClFN2/c11-7-4-13-10(12)9-6(7)3-5-1-2-8(9)14-5/h4-5,8,14H,1-3H2/t5-,8+/m0/s1. The topological polar surface area (TPSA) is 24.9 Å². The quantitative estimate of drug-likeness (QED) is 0.667. The highest BCUT2D eigenvalue weighted by Crippen LogP contribution is 2.39. The fourth-order valence-corrected chi connectivity index (χ4v) is 2.76. The van der Waals surface area contributed by atoms with Crippen LogP contribution in [-0.2, 0) is 6.42 Å². The first kappa shape index (κ1) is 8.62. The van der Waals surface area contributed by atoms with E-state index in [1.165, 1.54) is 6.20 Å². The molecule has 2 aliphatic heterocycles. The number of halogens is 2. The van der Waals surface area contributed by atoms with E-state index in [-0.39, 0.29) is 12.0 Å². The van der Waals surface area contributed by atoms with Crippen molar-refractivity contribution < 1.29 is 4.39 Å². The molecule has 74 valence electrons. The van der Waals surface area contributed by atoms with Gasteiger partial charge >= 0.3 is 0 Å². The molecule has 2 atom stereocenters. The lowest BCUT2D eigenvalue weighted by atomic mass is 9.97. The molecule has 14 heavy (non-hydrogen) atoms. The maximum Gasteiger partial charge on any atom is 0.217 e. The van der Waals surface area contributed by atoms with E-state index in [1.54, 1.807) is 0 Å². The van der Waals surface area contributed by atoms with Gasteiger partial charge in [-0.15, -0.1) is 0 Å². The van der Waals surface area contributed by atoms with E-state index < -0.39 is 0 Å².